The Morgan fingerprint density at radius 2 is 2.15 bits per heavy atom. The first-order valence-electron chi connectivity index (χ1n) is 4.76. The topological polar surface area (TPSA) is 37.0 Å². The number of aromatic nitrogens is 1. The number of anilines is 1. The van der Waals surface area contributed by atoms with E-state index in [1.807, 2.05) is 18.5 Å². The highest BCUT2D eigenvalue weighted by Crippen LogP contribution is 2.12. The zero-order chi connectivity index (χ0) is 9.52. The Kier molecular flexibility index (Phi) is 4.26. The standard InChI is InChI=1S/C10H17N3/c1-3-11-7-9-5-6-12-8-10(9)13-4-2/h5-6,8,11,13H,3-4,7H2,1-2H3. The Morgan fingerprint density at radius 3 is 2.85 bits per heavy atom. The summed E-state index contributed by atoms with van der Waals surface area (Å²) in [7, 11) is 0. The van der Waals surface area contributed by atoms with Crippen LogP contribution in [-0.2, 0) is 6.54 Å². The molecular formula is C10H17N3. The maximum Gasteiger partial charge on any atom is 0.0572 e. The van der Waals surface area contributed by atoms with Crippen molar-refractivity contribution in [3.8, 4) is 0 Å². The highest BCUT2D eigenvalue weighted by atomic mass is 14.9. The van der Waals surface area contributed by atoms with Crippen molar-refractivity contribution in [1.82, 2.24) is 10.3 Å². The Hall–Kier alpha value is -1.09. The second-order valence-electron chi connectivity index (χ2n) is 2.84. The summed E-state index contributed by atoms with van der Waals surface area (Å²) >= 11 is 0. The fourth-order valence-electron chi connectivity index (χ4n) is 1.19. The van der Waals surface area contributed by atoms with Crippen LogP contribution < -0.4 is 10.6 Å². The Bertz CT molecular complexity index is 248. The molecule has 0 atom stereocenters. The normalized spacial score (nSPS) is 10.0. The third-order valence-corrected chi connectivity index (χ3v) is 1.84. The van der Waals surface area contributed by atoms with E-state index >= 15 is 0 Å². The zero-order valence-electron chi connectivity index (χ0n) is 8.30. The molecule has 1 rings (SSSR count). The van der Waals surface area contributed by atoms with E-state index in [1.165, 1.54) is 5.56 Å². The molecule has 0 unspecified atom stereocenters. The van der Waals surface area contributed by atoms with Gasteiger partial charge in [0.05, 0.1) is 11.9 Å². The maximum atomic E-state index is 4.08. The summed E-state index contributed by atoms with van der Waals surface area (Å²) in [5, 5.41) is 6.58. The fraction of sp³-hybridized carbons (Fsp3) is 0.500. The van der Waals surface area contributed by atoms with Gasteiger partial charge in [-0.2, -0.15) is 0 Å². The van der Waals surface area contributed by atoms with Gasteiger partial charge in [-0.3, -0.25) is 4.98 Å². The van der Waals surface area contributed by atoms with Gasteiger partial charge in [-0.1, -0.05) is 6.92 Å². The monoisotopic (exact) mass is 179 g/mol. The predicted molar refractivity (Wildman–Crippen MR) is 55.8 cm³/mol. The Morgan fingerprint density at radius 1 is 1.31 bits per heavy atom. The molecule has 0 aliphatic carbocycles. The van der Waals surface area contributed by atoms with Crippen LogP contribution in [0.15, 0.2) is 18.5 Å². The van der Waals surface area contributed by atoms with Crippen molar-refractivity contribution in [2.75, 3.05) is 18.4 Å². The summed E-state index contributed by atoms with van der Waals surface area (Å²) in [6.07, 6.45) is 3.70. The average molecular weight is 179 g/mol. The van der Waals surface area contributed by atoms with E-state index in [-0.39, 0.29) is 0 Å². The molecule has 2 N–H and O–H groups in total. The number of hydrogen-bond donors (Lipinski definition) is 2. The summed E-state index contributed by atoms with van der Waals surface area (Å²) in [6.45, 7) is 7.03. The summed E-state index contributed by atoms with van der Waals surface area (Å²) in [5.74, 6) is 0. The smallest absolute Gasteiger partial charge is 0.0572 e. The van der Waals surface area contributed by atoms with Gasteiger partial charge in [0.25, 0.3) is 0 Å². The second-order valence-corrected chi connectivity index (χ2v) is 2.84. The largest absolute Gasteiger partial charge is 0.384 e. The molecule has 1 aromatic rings. The van der Waals surface area contributed by atoms with Gasteiger partial charge < -0.3 is 10.6 Å². The molecule has 0 saturated carbocycles. The number of pyridine rings is 1. The van der Waals surface area contributed by atoms with E-state index in [0.717, 1.165) is 25.3 Å². The molecule has 1 aromatic heterocycles. The van der Waals surface area contributed by atoms with Crippen LogP contribution in [0.3, 0.4) is 0 Å². The first-order chi connectivity index (χ1) is 6.38. The van der Waals surface area contributed by atoms with Gasteiger partial charge in [0, 0.05) is 19.3 Å². The van der Waals surface area contributed by atoms with Gasteiger partial charge in [-0.25, -0.2) is 0 Å². The lowest BCUT2D eigenvalue weighted by Crippen LogP contribution is -2.13. The van der Waals surface area contributed by atoms with Crippen molar-refractivity contribution in [1.29, 1.82) is 0 Å². The van der Waals surface area contributed by atoms with Gasteiger partial charge in [0.2, 0.25) is 0 Å². The van der Waals surface area contributed by atoms with Crippen LogP contribution in [0.2, 0.25) is 0 Å². The molecule has 0 radical (unpaired) electrons. The molecule has 0 fully saturated rings. The molecule has 0 saturated heterocycles. The summed E-state index contributed by atoms with van der Waals surface area (Å²) < 4.78 is 0. The van der Waals surface area contributed by atoms with Gasteiger partial charge in [-0.15, -0.1) is 0 Å². The summed E-state index contributed by atoms with van der Waals surface area (Å²) in [4.78, 5) is 4.08. The van der Waals surface area contributed by atoms with Gasteiger partial charge >= 0.3 is 0 Å². The minimum atomic E-state index is 0.904. The molecule has 72 valence electrons. The van der Waals surface area contributed by atoms with Gasteiger partial charge in [0.1, 0.15) is 0 Å². The quantitative estimate of drug-likeness (QED) is 0.721. The molecule has 0 amide bonds. The van der Waals surface area contributed by atoms with E-state index < -0.39 is 0 Å². The third-order valence-electron chi connectivity index (χ3n) is 1.84. The number of nitrogens with one attached hydrogen (secondary N) is 2. The maximum absolute atomic E-state index is 4.08. The predicted octanol–water partition coefficient (Wildman–Crippen LogP) is 1.62. The molecule has 0 aliphatic heterocycles. The Labute approximate surface area is 79.6 Å². The van der Waals surface area contributed by atoms with E-state index in [2.05, 4.69) is 29.5 Å². The van der Waals surface area contributed by atoms with E-state index in [0.29, 0.717) is 0 Å². The molecule has 0 bridgehead atoms. The Balaban J connectivity index is 2.66. The first kappa shape index (κ1) is 9.99. The van der Waals surface area contributed by atoms with Crippen LogP contribution in [0.4, 0.5) is 5.69 Å². The molecule has 0 aliphatic rings. The highest BCUT2D eigenvalue weighted by Gasteiger charge is 1.98. The van der Waals surface area contributed by atoms with E-state index in [9.17, 15) is 0 Å². The van der Waals surface area contributed by atoms with Crippen LogP contribution in [0, 0.1) is 0 Å². The lowest BCUT2D eigenvalue weighted by molar-refractivity contribution is 0.726. The number of rotatable bonds is 5. The van der Waals surface area contributed by atoms with Crippen LogP contribution >= 0.6 is 0 Å². The van der Waals surface area contributed by atoms with Gasteiger partial charge in [0.15, 0.2) is 0 Å². The van der Waals surface area contributed by atoms with Crippen molar-refractivity contribution in [3.05, 3.63) is 24.0 Å². The third kappa shape index (κ3) is 3.03. The molecule has 3 heteroatoms. The number of nitrogens with zero attached hydrogens (tertiary/aromatic N) is 1. The molecular weight excluding hydrogens is 162 g/mol. The average Bonchev–Trinajstić information content (AvgIpc) is 2.17. The van der Waals surface area contributed by atoms with Crippen LogP contribution in [0.5, 0.6) is 0 Å². The van der Waals surface area contributed by atoms with Crippen molar-refractivity contribution in [3.63, 3.8) is 0 Å². The first-order valence-corrected chi connectivity index (χ1v) is 4.76. The zero-order valence-corrected chi connectivity index (χ0v) is 8.30. The van der Waals surface area contributed by atoms with Gasteiger partial charge in [-0.05, 0) is 25.1 Å². The van der Waals surface area contributed by atoms with Crippen molar-refractivity contribution in [2.45, 2.75) is 20.4 Å². The van der Waals surface area contributed by atoms with E-state index in [4.69, 9.17) is 0 Å². The van der Waals surface area contributed by atoms with Crippen molar-refractivity contribution in [2.24, 2.45) is 0 Å². The van der Waals surface area contributed by atoms with Crippen molar-refractivity contribution < 1.29 is 0 Å². The number of hydrogen-bond acceptors (Lipinski definition) is 3. The molecule has 0 aromatic carbocycles. The molecule has 1 heterocycles. The second kappa shape index (κ2) is 5.54. The van der Waals surface area contributed by atoms with Crippen LogP contribution in [-0.4, -0.2) is 18.1 Å². The van der Waals surface area contributed by atoms with E-state index in [1.54, 1.807) is 0 Å². The lowest BCUT2D eigenvalue weighted by Gasteiger charge is -2.09. The summed E-state index contributed by atoms with van der Waals surface area (Å²) in [5.41, 5.74) is 2.41. The molecule has 13 heavy (non-hydrogen) atoms. The minimum absolute atomic E-state index is 0.904. The van der Waals surface area contributed by atoms with Crippen LogP contribution in [0.1, 0.15) is 19.4 Å². The minimum Gasteiger partial charge on any atom is -0.384 e. The van der Waals surface area contributed by atoms with Crippen LogP contribution in [0.25, 0.3) is 0 Å². The lowest BCUT2D eigenvalue weighted by atomic mass is 10.2. The highest BCUT2D eigenvalue weighted by molar-refractivity contribution is 5.48. The fourth-order valence-corrected chi connectivity index (χ4v) is 1.19. The van der Waals surface area contributed by atoms with Crippen molar-refractivity contribution >= 4 is 5.69 Å². The SMILES string of the molecule is CCNCc1ccncc1NCC. The molecule has 3 nitrogen and oxygen atoms in total. The summed E-state index contributed by atoms with van der Waals surface area (Å²) in [6, 6.07) is 2.04. The molecule has 0 spiro atoms.